The van der Waals surface area contributed by atoms with Gasteiger partial charge in [-0.2, -0.15) is 0 Å². The van der Waals surface area contributed by atoms with E-state index in [0.29, 0.717) is 0 Å². The van der Waals surface area contributed by atoms with Crippen LogP contribution in [0.4, 0.5) is 0 Å². The number of ether oxygens (including phenoxy) is 1. The van der Waals surface area contributed by atoms with Crippen molar-refractivity contribution in [3.05, 3.63) is 0 Å². The Morgan fingerprint density at radius 2 is 1.82 bits per heavy atom. The fourth-order valence-electron chi connectivity index (χ4n) is 0.303. The predicted molar refractivity (Wildman–Crippen MR) is 51.2 cm³/mol. The molecule has 0 aromatic rings. The van der Waals surface area contributed by atoms with E-state index in [9.17, 15) is 9.59 Å². The van der Waals surface area contributed by atoms with Crippen molar-refractivity contribution in [1.29, 1.82) is 0 Å². The Morgan fingerprint density at radius 1 is 1.36 bits per heavy atom. The van der Waals surface area contributed by atoms with E-state index in [4.69, 9.17) is 0 Å². The molecule has 11 heavy (non-hydrogen) atoms. The third-order valence-corrected chi connectivity index (χ3v) is 2.18. The van der Waals surface area contributed by atoms with Gasteiger partial charge in [-0.25, -0.2) is 0 Å². The normalized spacial score (nSPS) is 10.9. The monoisotopic (exact) mass is 350 g/mol. The van der Waals surface area contributed by atoms with E-state index in [1.165, 1.54) is 7.11 Å². The molecule has 0 amide bonds. The predicted octanol–water partition coefficient (Wildman–Crippen LogP) is 1.96. The molecule has 0 fully saturated rings. The third kappa shape index (κ3) is 4.92. The van der Waals surface area contributed by atoms with Crippen LogP contribution in [0.1, 0.15) is 6.42 Å². The number of ketones is 1. The first-order valence-electron chi connectivity index (χ1n) is 2.54. The maximum Gasteiger partial charge on any atom is 0.313 e. The minimum atomic E-state index is -1.01. The van der Waals surface area contributed by atoms with Crippen molar-refractivity contribution in [3.8, 4) is 0 Å². The number of esters is 1. The summed E-state index contributed by atoms with van der Waals surface area (Å²) in [5, 5.41) is 0. The molecule has 0 bridgehead atoms. The molecule has 0 aliphatic carbocycles. The molecule has 0 aromatic carbocycles. The Labute approximate surface area is 89.2 Å². The van der Waals surface area contributed by atoms with Crippen molar-refractivity contribution >= 4 is 59.5 Å². The van der Waals surface area contributed by atoms with Crippen molar-refractivity contribution in [3.63, 3.8) is 0 Å². The molecule has 0 unspecified atom stereocenters. The molecule has 64 valence electrons. The summed E-state index contributed by atoms with van der Waals surface area (Å²) in [6.45, 7) is 0. The molecule has 0 atom stereocenters. The van der Waals surface area contributed by atoms with E-state index in [2.05, 4.69) is 52.5 Å². The second-order valence-corrected chi connectivity index (χ2v) is 8.43. The Bertz CT molecular complexity index is 172. The van der Waals surface area contributed by atoms with E-state index >= 15 is 0 Å². The van der Waals surface area contributed by atoms with Gasteiger partial charge in [0.05, 0.1) is 7.11 Å². The number of methoxy groups -OCH3 is 1. The van der Waals surface area contributed by atoms with Crippen LogP contribution in [0.25, 0.3) is 0 Å². The largest absolute Gasteiger partial charge is 0.469 e. The number of carbonyl (C=O) groups excluding carboxylic acids is 2. The van der Waals surface area contributed by atoms with Gasteiger partial charge in [-0.05, 0) is 0 Å². The molecular formula is C5H5Br3O3. The van der Waals surface area contributed by atoms with Gasteiger partial charge < -0.3 is 4.74 Å². The van der Waals surface area contributed by atoms with Crippen molar-refractivity contribution in [2.75, 3.05) is 7.11 Å². The standard InChI is InChI=1S/C5H5Br3O3/c1-11-4(10)2-3(9)5(6,7)8/h2H2,1H3. The van der Waals surface area contributed by atoms with E-state index in [1.807, 2.05) is 0 Å². The average molecular weight is 353 g/mol. The van der Waals surface area contributed by atoms with Crippen molar-refractivity contribution < 1.29 is 14.3 Å². The van der Waals surface area contributed by atoms with Crippen LogP contribution in [0.15, 0.2) is 0 Å². The number of halogens is 3. The molecule has 0 radical (unpaired) electrons. The molecule has 3 nitrogen and oxygen atoms in total. The lowest BCUT2D eigenvalue weighted by molar-refractivity contribution is -0.143. The maximum absolute atomic E-state index is 11.0. The van der Waals surface area contributed by atoms with Gasteiger partial charge in [-0.3, -0.25) is 9.59 Å². The minimum Gasteiger partial charge on any atom is -0.469 e. The van der Waals surface area contributed by atoms with Crippen LogP contribution in [0, 0.1) is 0 Å². The summed E-state index contributed by atoms with van der Waals surface area (Å²) in [5.74, 6) is -0.901. The van der Waals surface area contributed by atoms with Crippen LogP contribution in [-0.4, -0.2) is 21.0 Å². The average Bonchev–Trinajstić information content (AvgIpc) is 1.85. The highest BCUT2D eigenvalue weighted by Crippen LogP contribution is 2.35. The molecule has 0 aliphatic rings. The van der Waals surface area contributed by atoms with Gasteiger partial charge in [0.15, 0.2) is 7.93 Å². The zero-order chi connectivity index (χ0) is 9.07. The molecule has 0 aromatic heterocycles. The van der Waals surface area contributed by atoms with Crippen LogP contribution in [0.5, 0.6) is 0 Å². The van der Waals surface area contributed by atoms with Crippen molar-refractivity contribution in [2.24, 2.45) is 0 Å². The molecule has 0 N–H and O–H groups in total. The van der Waals surface area contributed by atoms with Crippen LogP contribution in [0.2, 0.25) is 0 Å². The summed E-state index contributed by atoms with van der Waals surface area (Å²) in [5.41, 5.74) is 0. The molecule has 0 aliphatic heterocycles. The smallest absolute Gasteiger partial charge is 0.313 e. The molecule has 0 heterocycles. The summed E-state index contributed by atoms with van der Waals surface area (Å²) in [7, 11) is 1.23. The number of rotatable bonds is 2. The highest BCUT2D eigenvalue weighted by atomic mass is 80.0. The highest BCUT2D eigenvalue weighted by Gasteiger charge is 2.30. The first-order valence-corrected chi connectivity index (χ1v) is 4.92. The SMILES string of the molecule is COC(=O)CC(=O)C(Br)(Br)Br. The van der Waals surface area contributed by atoms with Crippen LogP contribution < -0.4 is 0 Å². The quantitative estimate of drug-likeness (QED) is 0.433. The first kappa shape index (κ1) is 11.6. The lowest BCUT2D eigenvalue weighted by Gasteiger charge is -2.08. The summed E-state index contributed by atoms with van der Waals surface area (Å²) in [4.78, 5) is 21.6. The Kier molecular flexibility index (Phi) is 4.81. The van der Waals surface area contributed by atoms with Gasteiger partial charge in [-0.15, -0.1) is 0 Å². The van der Waals surface area contributed by atoms with E-state index in [1.54, 1.807) is 0 Å². The molecule has 0 saturated carbocycles. The molecule has 0 spiro atoms. The summed E-state index contributed by atoms with van der Waals surface area (Å²) in [6, 6.07) is 0. The number of Topliss-reactive ketones (excluding diaryl/α,β-unsaturated/α-hetero) is 1. The molecule has 0 rings (SSSR count). The van der Waals surface area contributed by atoms with Crippen LogP contribution in [0.3, 0.4) is 0 Å². The van der Waals surface area contributed by atoms with Crippen LogP contribution in [-0.2, 0) is 14.3 Å². The number of hydrogen-bond acceptors (Lipinski definition) is 3. The van der Waals surface area contributed by atoms with Crippen LogP contribution >= 0.6 is 47.8 Å². The zero-order valence-corrected chi connectivity index (χ0v) is 10.3. The Hall–Kier alpha value is 0.580. The summed E-state index contributed by atoms with van der Waals surface area (Å²) >= 11 is 8.93. The van der Waals surface area contributed by atoms with E-state index < -0.39 is 8.11 Å². The fraction of sp³-hybridized carbons (Fsp3) is 0.600. The number of hydrogen-bond donors (Lipinski definition) is 0. The van der Waals surface area contributed by atoms with Gasteiger partial charge >= 0.3 is 5.97 Å². The Balaban J connectivity index is 3.99. The third-order valence-electron chi connectivity index (χ3n) is 0.849. The molecule has 6 heteroatoms. The lowest BCUT2D eigenvalue weighted by atomic mass is 10.3. The maximum atomic E-state index is 11.0. The van der Waals surface area contributed by atoms with Gasteiger partial charge in [0.1, 0.15) is 6.42 Å². The van der Waals surface area contributed by atoms with Gasteiger partial charge in [-0.1, -0.05) is 47.8 Å². The zero-order valence-electron chi connectivity index (χ0n) is 5.57. The van der Waals surface area contributed by atoms with Gasteiger partial charge in [0.25, 0.3) is 0 Å². The summed E-state index contributed by atoms with van der Waals surface area (Å²) < 4.78 is 3.28. The number of alkyl halides is 3. The molecule has 0 saturated heterocycles. The summed E-state index contributed by atoms with van der Waals surface area (Å²) in [6.07, 6.45) is -0.266. The molecular weight excluding hydrogens is 348 g/mol. The second kappa shape index (κ2) is 4.57. The van der Waals surface area contributed by atoms with Crippen molar-refractivity contribution in [1.82, 2.24) is 0 Å². The first-order chi connectivity index (χ1) is 4.88. The number of carbonyl (C=O) groups is 2. The van der Waals surface area contributed by atoms with Gasteiger partial charge in [0.2, 0.25) is 0 Å². The second-order valence-electron chi connectivity index (χ2n) is 1.67. The fourth-order valence-corrected chi connectivity index (χ4v) is 0.724. The topological polar surface area (TPSA) is 43.4 Å². The Morgan fingerprint density at radius 3 is 2.09 bits per heavy atom. The van der Waals surface area contributed by atoms with Crippen molar-refractivity contribution in [2.45, 2.75) is 8.56 Å². The highest BCUT2D eigenvalue weighted by molar-refractivity contribution is 9.40. The van der Waals surface area contributed by atoms with E-state index in [0.717, 1.165) is 0 Å². The lowest BCUT2D eigenvalue weighted by Crippen LogP contribution is -2.21. The van der Waals surface area contributed by atoms with E-state index in [-0.39, 0.29) is 12.2 Å². The van der Waals surface area contributed by atoms with Gasteiger partial charge in [0, 0.05) is 0 Å². The minimum absolute atomic E-state index is 0.266.